The van der Waals surface area contributed by atoms with Crippen LogP contribution in [0.4, 0.5) is 11.6 Å². The predicted octanol–water partition coefficient (Wildman–Crippen LogP) is 6.56. The van der Waals surface area contributed by atoms with Gasteiger partial charge in [0, 0.05) is 11.4 Å². The number of ether oxygens (including phenoxy) is 2. The largest absolute Gasteiger partial charge is 0.493 e. The van der Waals surface area contributed by atoms with Crippen molar-refractivity contribution in [1.82, 2.24) is 20.2 Å². The number of nitrogens with zero attached hydrogens (tertiary/aromatic N) is 4. The molecule has 0 fully saturated rings. The molecule has 0 aliphatic carbocycles. The smallest absolute Gasteiger partial charge is 0.255 e. The van der Waals surface area contributed by atoms with Crippen molar-refractivity contribution in [3.63, 3.8) is 0 Å². The summed E-state index contributed by atoms with van der Waals surface area (Å²) >= 11 is 3.68. The number of anilines is 2. The minimum Gasteiger partial charge on any atom is -0.493 e. The standard InChI is InChI=1S/C31H33BrN6O3/c1-18-8-7-9-23(14-18)34-29(39)26-19(2)33-30-35-36-37-38(30)27(26)21-15-24(32)28(25(16-21)40-6)41-17-20-10-12-22(13-11-20)31(3,4)5/h7-16,27H,17H2,1-6H3,(H,34,39)(H,33,35,37). The summed E-state index contributed by atoms with van der Waals surface area (Å²) in [7, 11) is 1.59. The van der Waals surface area contributed by atoms with Crippen molar-refractivity contribution in [3.8, 4) is 11.5 Å². The first-order valence-corrected chi connectivity index (χ1v) is 14.1. The molecule has 1 unspecified atom stereocenters. The zero-order chi connectivity index (χ0) is 29.3. The van der Waals surface area contributed by atoms with Crippen LogP contribution in [0.2, 0.25) is 0 Å². The number of hydrogen-bond donors (Lipinski definition) is 2. The van der Waals surface area contributed by atoms with E-state index >= 15 is 0 Å². The van der Waals surface area contributed by atoms with Gasteiger partial charge in [0.2, 0.25) is 5.95 Å². The fraction of sp³-hybridized carbons (Fsp3) is 0.290. The van der Waals surface area contributed by atoms with Gasteiger partial charge in [-0.15, -0.1) is 0 Å². The van der Waals surface area contributed by atoms with E-state index in [0.717, 1.165) is 16.7 Å². The molecule has 3 aromatic carbocycles. The predicted molar refractivity (Wildman–Crippen MR) is 162 cm³/mol. The third-order valence-electron chi connectivity index (χ3n) is 7.01. The lowest BCUT2D eigenvalue weighted by Crippen LogP contribution is -2.31. The van der Waals surface area contributed by atoms with Crippen LogP contribution >= 0.6 is 15.9 Å². The van der Waals surface area contributed by atoms with Gasteiger partial charge < -0.3 is 20.1 Å². The van der Waals surface area contributed by atoms with Crippen LogP contribution in [0.25, 0.3) is 0 Å². The number of rotatable bonds is 7. The summed E-state index contributed by atoms with van der Waals surface area (Å²) in [4.78, 5) is 13.7. The Balaban J connectivity index is 1.47. The minimum absolute atomic E-state index is 0.0815. The molecule has 9 nitrogen and oxygen atoms in total. The molecule has 41 heavy (non-hydrogen) atoms. The van der Waals surface area contributed by atoms with Crippen LogP contribution in [0, 0.1) is 6.92 Å². The number of nitrogens with one attached hydrogen (secondary N) is 2. The van der Waals surface area contributed by atoms with Gasteiger partial charge in [0.25, 0.3) is 5.91 Å². The molecule has 0 spiro atoms. The minimum atomic E-state index is -0.616. The number of benzene rings is 3. The Morgan fingerprint density at radius 2 is 1.85 bits per heavy atom. The van der Waals surface area contributed by atoms with Gasteiger partial charge in [-0.1, -0.05) is 62.3 Å². The molecule has 10 heteroatoms. The quantitative estimate of drug-likeness (QED) is 0.242. The highest BCUT2D eigenvalue weighted by molar-refractivity contribution is 9.10. The molecule has 4 aromatic rings. The number of amides is 1. The van der Waals surface area contributed by atoms with E-state index in [1.165, 1.54) is 5.56 Å². The van der Waals surface area contributed by atoms with Gasteiger partial charge in [0.05, 0.1) is 17.2 Å². The highest BCUT2D eigenvalue weighted by Crippen LogP contribution is 2.43. The Morgan fingerprint density at radius 1 is 1.10 bits per heavy atom. The van der Waals surface area contributed by atoms with E-state index < -0.39 is 6.04 Å². The third kappa shape index (κ3) is 5.97. The van der Waals surface area contributed by atoms with Crippen LogP contribution in [0.1, 0.15) is 56.0 Å². The van der Waals surface area contributed by atoms with E-state index in [0.29, 0.717) is 45.5 Å². The van der Waals surface area contributed by atoms with Crippen molar-refractivity contribution in [2.75, 3.05) is 17.7 Å². The molecule has 1 aliphatic rings. The zero-order valence-electron chi connectivity index (χ0n) is 23.9. The Morgan fingerprint density at radius 3 is 2.54 bits per heavy atom. The molecule has 212 valence electrons. The Labute approximate surface area is 248 Å². The second-order valence-electron chi connectivity index (χ2n) is 11.1. The normalized spacial score (nSPS) is 14.8. The van der Waals surface area contributed by atoms with E-state index in [9.17, 15) is 4.79 Å². The summed E-state index contributed by atoms with van der Waals surface area (Å²) in [5, 5.41) is 18.3. The van der Waals surface area contributed by atoms with E-state index in [2.05, 4.69) is 87.1 Å². The first-order chi connectivity index (χ1) is 19.5. The van der Waals surface area contributed by atoms with Crippen LogP contribution in [0.3, 0.4) is 0 Å². The second kappa shape index (κ2) is 11.4. The molecule has 1 atom stereocenters. The Kier molecular flexibility index (Phi) is 7.86. The number of halogens is 1. The number of aromatic nitrogens is 4. The van der Waals surface area contributed by atoms with Gasteiger partial charge in [0.1, 0.15) is 12.6 Å². The number of hydrogen-bond acceptors (Lipinski definition) is 7. The lowest BCUT2D eigenvalue weighted by molar-refractivity contribution is -0.113. The molecular formula is C31H33BrN6O3. The number of tetrazole rings is 1. The summed E-state index contributed by atoms with van der Waals surface area (Å²) in [6.07, 6.45) is 0. The molecule has 1 aliphatic heterocycles. The number of carbonyl (C=O) groups excluding carboxylic acids is 1. The maximum atomic E-state index is 13.7. The zero-order valence-corrected chi connectivity index (χ0v) is 25.5. The number of fused-ring (bicyclic) bond motifs is 1. The maximum Gasteiger partial charge on any atom is 0.255 e. The fourth-order valence-corrected chi connectivity index (χ4v) is 5.40. The van der Waals surface area contributed by atoms with Gasteiger partial charge >= 0.3 is 0 Å². The van der Waals surface area contributed by atoms with E-state index in [-0.39, 0.29) is 11.3 Å². The molecule has 2 heterocycles. The van der Waals surface area contributed by atoms with Gasteiger partial charge in [-0.05, 0) is 92.1 Å². The maximum absolute atomic E-state index is 13.7. The molecule has 0 saturated heterocycles. The van der Waals surface area contributed by atoms with Crippen molar-refractivity contribution in [2.45, 2.75) is 52.7 Å². The van der Waals surface area contributed by atoms with E-state index in [4.69, 9.17) is 9.47 Å². The molecule has 1 aromatic heterocycles. The van der Waals surface area contributed by atoms with E-state index in [1.54, 1.807) is 11.8 Å². The summed E-state index contributed by atoms with van der Waals surface area (Å²) in [6, 6.07) is 19.2. The monoisotopic (exact) mass is 616 g/mol. The van der Waals surface area contributed by atoms with Crippen LogP contribution in [0.5, 0.6) is 11.5 Å². The van der Waals surface area contributed by atoms with Gasteiger partial charge in [-0.2, -0.15) is 4.68 Å². The van der Waals surface area contributed by atoms with Gasteiger partial charge in [0.15, 0.2) is 11.5 Å². The summed E-state index contributed by atoms with van der Waals surface area (Å²) < 4.78 is 14.3. The number of aryl methyl sites for hydroxylation is 1. The van der Waals surface area contributed by atoms with Crippen molar-refractivity contribution in [2.24, 2.45) is 0 Å². The number of carbonyl (C=O) groups is 1. The first kappa shape index (κ1) is 28.4. The van der Waals surface area contributed by atoms with Crippen LogP contribution in [-0.4, -0.2) is 33.2 Å². The SMILES string of the molecule is COc1cc(C2C(C(=O)Nc3cccc(C)c3)=C(C)Nc3nnnn32)cc(Br)c1OCc1ccc(C(C)(C)C)cc1. The average molecular weight is 618 g/mol. The third-order valence-corrected chi connectivity index (χ3v) is 7.59. The van der Waals surface area contributed by atoms with Crippen LogP contribution in [-0.2, 0) is 16.8 Å². The molecular weight excluding hydrogens is 584 g/mol. The first-order valence-electron chi connectivity index (χ1n) is 13.3. The van der Waals surface area contributed by atoms with Crippen molar-refractivity contribution >= 4 is 33.5 Å². The molecule has 5 rings (SSSR count). The average Bonchev–Trinajstić information content (AvgIpc) is 3.39. The van der Waals surface area contributed by atoms with Crippen molar-refractivity contribution in [3.05, 3.63) is 98.7 Å². The Hall–Kier alpha value is -4.18. The molecule has 0 radical (unpaired) electrons. The highest BCUT2D eigenvalue weighted by atomic mass is 79.9. The van der Waals surface area contributed by atoms with Crippen LogP contribution in [0.15, 0.2) is 76.4 Å². The summed E-state index contributed by atoms with van der Waals surface area (Å²) in [5.41, 5.74) is 6.01. The molecule has 2 N–H and O–H groups in total. The summed E-state index contributed by atoms with van der Waals surface area (Å²) in [5.74, 6) is 1.26. The molecule has 0 saturated carbocycles. The van der Waals surface area contributed by atoms with Gasteiger partial charge in [-0.3, -0.25) is 4.79 Å². The molecule has 1 amide bonds. The Bertz CT molecular complexity index is 1620. The topological polar surface area (TPSA) is 103 Å². The van der Waals surface area contributed by atoms with Crippen LogP contribution < -0.4 is 20.1 Å². The second-order valence-corrected chi connectivity index (χ2v) is 12.0. The number of methoxy groups -OCH3 is 1. The van der Waals surface area contributed by atoms with Crippen molar-refractivity contribution in [1.29, 1.82) is 0 Å². The summed E-state index contributed by atoms with van der Waals surface area (Å²) in [6.45, 7) is 10.8. The van der Waals surface area contributed by atoms with Crippen molar-refractivity contribution < 1.29 is 14.3 Å². The lowest BCUT2D eigenvalue weighted by Gasteiger charge is -2.28. The molecule has 0 bridgehead atoms. The van der Waals surface area contributed by atoms with Gasteiger partial charge in [-0.25, -0.2) is 0 Å². The number of allylic oxidation sites excluding steroid dienone is 1. The highest BCUT2D eigenvalue weighted by Gasteiger charge is 2.35. The van der Waals surface area contributed by atoms with E-state index in [1.807, 2.05) is 50.2 Å². The lowest BCUT2D eigenvalue weighted by atomic mass is 9.87. The fourth-order valence-electron chi connectivity index (χ4n) is 4.83.